The smallest absolute Gasteiger partial charge is 0.255 e. The molecule has 3 rings (SSSR count). The van der Waals surface area contributed by atoms with E-state index in [-0.39, 0.29) is 16.3 Å². The van der Waals surface area contributed by atoms with Crippen molar-refractivity contribution in [2.75, 3.05) is 6.26 Å². The molecule has 0 saturated carbocycles. The normalized spacial score (nSPS) is 12.5. The molecule has 1 N–H and O–H groups in total. The number of halogens is 2. The van der Waals surface area contributed by atoms with Crippen molar-refractivity contribution in [3.63, 3.8) is 0 Å². The molecule has 2 aromatic heterocycles. The number of amides is 1. The van der Waals surface area contributed by atoms with Gasteiger partial charge in [0.2, 0.25) is 0 Å². The third-order valence-corrected chi connectivity index (χ3v) is 5.81. The van der Waals surface area contributed by atoms with Gasteiger partial charge in [0.25, 0.3) is 5.91 Å². The summed E-state index contributed by atoms with van der Waals surface area (Å²) in [4.78, 5) is 16.8. The van der Waals surface area contributed by atoms with Crippen LogP contribution in [0.15, 0.2) is 47.8 Å². The van der Waals surface area contributed by atoms with Gasteiger partial charge < -0.3 is 5.32 Å². The van der Waals surface area contributed by atoms with Gasteiger partial charge in [-0.25, -0.2) is 26.9 Å². The second-order valence-corrected chi connectivity index (χ2v) is 9.13. The van der Waals surface area contributed by atoms with Crippen LogP contribution in [0.5, 0.6) is 0 Å². The first-order chi connectivity index (χ1) is 14.6. The van der Waals surface area contributed by atoms with E-state index in [9.17, 15) is 22.0 Å². The van der Waals surface area contributed by atoms with Crippen LogP contribution in [-0.2, 0) is 9.84 Å². The third-order valence-electron chi connectivity index (χ3n) is 4.83. The van der Waals surface area contributed by atoms with E-state index in [0.29, 0.717) is 17.7 Å². The second-order valence-electron chi connectivity index (χ2n) is 7.17. The highest BCUT2D eigenvalue weighted by atomic mass is 32.2. The molecule has 3 aromatic rings. The molecule has 1 atom stereocenters. The average molecular weight is 448 g/mol. The van der Waals surface area contributed by atoms with Gasteiger partial charge in [-0.05, 0) is 43.2 Å². The Kier molecular flexibility index (Phi) is 6.49. The van der Waals surface area contributed by atoms with Crippen LogP contribution in [0, 0.1) is 18.6 Å². The van der Waals surface area contributed by atoms with Crippen LogP contribution >= 0.6 is 0 Å². The van der Waals surface area contributed by atoms with E-state index >= 15 is 0 Å². The Morgan fingerprint density at radius 1 is 1.19 bits per heavy atom. The van der Waals surface area contributed by atoms with Crippen molar-refractivity contribution in [3.05, 3.63) is 71.2 Å². The number of sulfone groups is 1. The first-order valence-electron chi connectivity index (χ1n) is 9.58. The fourth-order valence-corrected chi connectivity index (χ4v) is 3.80. The Labute approximate surface area is 179 Å². The van der Waals surface area contributed by atoms with Crippen molar-refractivity contribution < 1.29 is 22.0 Å². The lowest BCUT2D eigenvalue weighted by atomic mass is 10.0. The molecule has 1 aromatic carbocycles. The third kappa shape index (κ3) is 4.96. The molecule has 1 unspecified atom stereocenters. The molecule has 164 valence electrons. The summed E-state index contributed by atoms with van der Waals surface area (Å²) in [6.07, 6.45) is 5.14. The Hall–Kier alpha value is -3.14. The number of hydrogen-bond acceptors (Lipinski definition) is 5. The molecule has 0 aliphatic heterocycles. The summed E-state index contributed by atoms with van der Waals surface area (Å²) in [6, 6.07) is 6.03. The van der Waals surface area contributed by atoms with Crippen molar-refractivity contribution in [3.8, 4) is 5.69 Å². The minimum atomic E-state index is -3.49. The monoisotopic (exact) mass is 448 g/mol. The highest BCUT2D eigenvalue weighted by molar-refractivity contribution is 7.90. The van der Waals surface area contributed by atoms with E-state index < -0.39 is 33.4 Å². The summed E-state index contributed by atoms with van der Waals surface area (Å²) in [5.74, 6) is -2.40. The fourth-order valence-electron chi connectivity index (χ4n) is 3.20. The van der Waals surface area contributed by atoms with Crippen molar-refractivity contribution in [1.82, 2.24) is 20.1 Å². The minimum Gasteiger partial charge on any atom is -0.345 e. The average Bonchev–Trinajstić information content (AvgIpc) is 3.10. The molecule has 0 fully saturated rings. The van der Waals surface area contributed by atoms with Crippen LogP contribution in [0.3, 0.4) is 0 Å². The largest absolute Gasteiger partial charge is 0.345 e. The van der Waals surface area contributed by atoms with Crippen LogP contribution < -0.4 is 5.32 Å². The van der Waals surface area contributed by atoms with E-state index in [2.05, 4.69) is 15.4 Å². The van der Waals surface area contributed by atoms with Crippen molar-refractivity contribution in [1.29, 1.82) is 0 Å². The number of hydrogen-bond donors (Lipinski definition) is 1. The molecule has 0 aliphatic rings. The standard InChI is InChI=1S/C21H22F2N4O3S/c1-4-5-19(14-8-9-24-20(10-14)31(3,29)30)26-21(28)16-12-25-27(13(16)2)15-6-7-17(22)18(23)11-15/h6-12,19H,4-5H2,1-3H3,(H,26,28). The maximum atomic E-state index is 13.6. The highest BCUT2D eigenvalue weighted by Crippen LogP contribution is 2.22. The molecule has 2 heterocycles. The molecule has 0 spiro atoms. The van der Waals surface area contributed by atoms with Crippen molar-refractivity contribution in [2.45, 2.75) is 37.8 Å². The molecule has 7 nitrogen and oxygen atoms in total. The number of carbonyl (C=O) groups is 1. The van der Waals surface area contributed by atoms with Crippen LogP contribution in [0.25, 0.3) is 5.69 Å². The lowest BCUT2D eigenvalue weighted by Gasteiger charge is -2.19. The number of nitrogens with zero attached hydrogens (tertiary/aromatic N) is 3. The highest BCUT2D eigenvalue weighted by Gasteiger charge is 2.21. The number of nitrogens with one attached hydrogen (secondary N) is 1. The minimum absolute atomic E-state index is 0.0670. The zero-order valence-electron chi connectivity index (χ0n) is 17.3. The van der Waals surface area contributed by atoms with E-state index in [1.54, 1.807) is 13.0 Å². The summed E-state index contributed by atoms with van der Waals surface area (Å²) < 4.78 is 51.8. The SMILES string of the molecule is CCCC(NC(=O)c1cnn(-c2ccc(F)c(F)c2)c1C)c1ccnc(S(C)(=O)=O)c1. The van der Waals surface area contributed by atoms with Crippen LogP contribution in [0.4, 0.5) is 8.78 Å². The van der Waals surface area contributed by atoms with Gasteiger partial charge in [0.05, 0.1) is 29.2 Å². The summed E-state index contributed by atoms with van der Waals surface area (Å²) in [6.45, 7) is 3.59. The van der Waals surface area contributed by atoms with Crippen LogP contribution in [-0.4, -0.2) is 35.3 Å². The summed E-state index contributed by atoms with van der Waals surface area (Å²) in [7, 11) is -3.49. The van der Waals surface area contributed by atoms with Gasteiger partial charge >= 0.3 is 0 Å². The molecule has 0 aliphatic carbocycles. The Bertz CT molecular complexity index is 1230. The Morgan fingerprint density at radius 2 is 1.94 bits per heavy atom. The fraction of sp³-hybridized carbons (Fsp3) is 0.286. The first kappa shape index (κ1) is 22.5. The van der Waals surface area contributed by atoms with Gasteiger partial charge in [0.1, 0.15) is 0 Å². The van der Waals surface area contributed by atoms with Crippen molar-refractivity contribution >= 4 is 15.7 Å². The van der Waals surface area contributed by atoms with E-state index in [0.717, 1.165) is 24.8 Å². The molecule has 10 heteroatoms. The Balaban J connectivity index is 1.88. The lowest BCUT2D eigenvalue weighted by Crippen LogP contribution is -2.29. The molecule has 31 heavy (non-hydrogen) atoms. The summed E-state index contributed by atoms with van der Waals surface area (Å²) in [5, 5.41) is 6.97. The zero-order valence-corrected chi connectivity index (χ0v) is 18.1. The zero-order chi connectivity index (χ0) is 22.8. The van der Waals surface area contributed by atoms with Gasteiger partial charge in [-0.15, -0.1) is 0 Å². The van der Waals surface area contributed by atoms with Gasteiger partial charge in [-0.3, -0.25) is 4.79 Å². The van der Waals surface area contributed by atoms with Crippen molar-refractivity contribution in [2.24, 2.45) is 0 Å². The molecule has 0 bridgehead atoms. The molecule has 0 saturated heterocycles. The number of rotatable bonds is 7. The first-order valence-corrected chi connectivity index (χ1v) is 11.5. The van der Waals surface area contributed by atoms with Crippen LogP contribution in [0.2, 0.25) is 0 Å². The van der Waals surface area contributed by atoms with Gasteiger partial charge in [-0.2, -0.15) is 5.10 Å². The summed E-state index contributed by atoms with van der Waals surface area (Å²) >= 11 is 0. The predicted octanol–water partition coefficient (Wildman–Crippen LogP) is 3.53. The van der Waals surface area contributed by atoms with Crippen LogP contribution in [0.1, 0.15) is 47.4 Å². The molecule has 0 radical (unpaired) electrons. The van der Waals surface area contributed by atoms with E-state index in [1.165, 1.54) is 29.2 Å². The van der Waals surface area contributed by atoms with Gasteiger partial charge in [-0.1, -0.05) is 13.3 Å². The molecular weight excluding hydrogens is 426 g/mol. The maximum Gasteiger partial charge on any atom is 0.255 e. The second kappa shape index (κ2) is 8.93. The number of carbonyl (C=O) groups excluding carboxylic acids is 1. The lowest BCUT2D eigenvalue weighted by molar-refractivity contribution is 0.0933. The van der Waals surface area contributed by atoms with E-state index in [4.69, 9.17) is 0 Å². The van der Waals surface area contributed by atoms with Gasteiger partial charge in [0, 0.05) is 18.5 Å². The molecular formula is C21H22F2N4O3S. The topological polar surface area (TPSA) is 93.9 Å². The number of pyridine rings is 1. The van der Waals surface area contributed by atoms with Gasteiger partial charge in [0.15, 0.2) is 26.5 Å². The molecule has 1 amide bonds. The maximum absolute atomic E-state index is 13.6. The summed E-state index contributed by atoms with van der Waals surface area (Å²) in [5.41, 5.74) is 1.62. The number of aromatic nitrogens is 3. The quantitative estimate of drug-likeness (QED) is 0.597. The predicted molar refractivity (Wildman–Crippen MR) is 111 cm³/mol. The van der Waals surface area contributed by atoms with E-state index in [1.807, 2.05) is 6.92 Å². The Morgan fingerprint density at radius 3 is 2.58 bits per heavy atom. The number of benzene rings is 1.